The van der Waals surface area contributed by atoms with Crippen LogP contribution < -0.4 is 10.3 Å². The number of para-hydroxylation sites is 2. The molecule has 0 aliphatic rings. The number of benzene rings is 1. The fourth-order valence-corrected chi connectivity index (χ4v) is 5.21. The number of thioether (sulfide) groups is 1. The molecule has 12 heteroatoms. The lowest BCUT2D eigenvalue weighted by Crippen LogP contribution is -2.13. The van der Waals surface area contributed by atoms with Gasteiger partial charge in [0.15, 0.2) is 0 Å². The first kappa shape index (κ1) is 22.9. The molecule has 4 aromatic rings. The number of tetrazole rings is 1. The number of nitrogens with one attached hydrogen (secondary N) is 1. The van der Waals surface area contributed by atoms with Crippen LogP contribution in [0.4, 0.5) is 0 Å². The van der Waals surface area contributed by atoms with Gasteiger partial charge in [-0.1, -0.05) is 23.9 Å². The zero-order chi connectivity index (χ0) is 23.5. The first-order valence-electron chi connectivity index (χ1n) is 10.3. The normalized spacial score (nSPS) is 12.1. The number of ether oxygens (including phenoxy) is 2. The van der Waals surface area contributed by atoms with Gasteiger partial charge in [-0.05, 0) is 55.8 Å². The molecule has 10 nitrogen and oxygen atoms in total. The Kier molecular flexibility index (Phi) is 6.75. The number of thiophene rings is 1. The number of nitrogens with zero attached hydrogens (tertiary/aromatic N) is 5. The summed E-state index contributed by atoms with van der Waals surface area (Å²) in [4.78, 5) is 33.4. The van der Waals surface area contributed by atoms with Crippen LogP contribution in [-0.2, 0) is 4.74 Å². The lowest BCUT2D eigenvalue weighted by Gasteiger charge is -2.12. The predicted molar refractivity (Wildman–Crippen MR) is 126 cm³/mol. The number of fused-ring (bicyclic) bond motifs is 1. The molecule has 0 radical (unpaired) electrons. The lowest BCUT2D eigenvalue weighted by molar-refractivity contribution is 0.0531. The first-order valence-corrected chi connectivity index (χ1v) is 12.0. The molecule has 3 heterocycles. The van der Waals surface area contributed by atoms with Crippen molar-refractivity contribution >= 4 is 39.3 Å². The van der Waals surface area contributed by atoms with Crippen molar-refractivity contribution in [2.75, 3.05) is 13.2 Å². The quantitative estimate of drug-likeness (QED) is 0.293. The third-order valence-corrected chi connectivity index (χ3v) is 6.99. The van der Waals surface area contributed by atoms with E-state index in [0.29, 0.717) is 49.7 Å². The van der Waals surface area contributed by atoms with Crippen molar-refractivity contribution in [1.29, 1.82) is 0 Å². The number of hydrogen-bond donors (Lipinski definition) is 1. The number of aromatic amines is 1. The minimum atomic E-state index is -0.450. The molecule has 1 unspecified atom stereocenters. The van der Waals surface area contributed by atoms with E-state index >= 15 is 0 Å². The van der Waals surface area contributed by atoms with E-state index in [9.17, 15) is 9.59 Å². The highest BCUT2D eigenvalue weighted by Crippen LogP contribution is 2.35. The maximum absolute atomic E-state index is 12.8. The number of esters is 1. The van der Waals surface area contributed by atoms with E-state index in [4.69, 9.17) is 9.47 Å². The molecular weight excluding hydrogens is 464 g/mol. The SMILES string of the molecule is CCOC(=O)c1sc2nc(C(C)Sc3nnnn3-c3ccccc3OCC)[nH]c(=O)c2c1C. The van der Waals surface area contributed by atoms with Gasteiger partial charge >= 0.3 is 5.97 Å². The Morgan fingerprint density at radius 3 is 2.82 bits per heavy atom. The van der Waals surface area contributed by atoms with Crippen LogP contribution in [0.2, 0.25) is 0 Å². The molecule has 1 atom stereocenters. The van der Waals surface area contributed by atoms with Crippen LogP contribution in [0.5, 0.6) is 5.75 Å². The minimum Gasteiger partial charge on any atom is -0.492 e. The number of H-pyrrole nitrogens is 1. The molecule has 1 N–H and O–H groups in total. The van der Waals surface area contributed by atoms with Crippen LogP contribution in [0.3, 0.4) is 0 Å². The van der Waals surface area contributed by atoms with Gasteiger partial charge in [-0.15, -0.1) is 16.4 Å². The number of aromatic nitrogens is 6. The van der Waals surface area contributed by atoms with Crippen LogP contribution in [0.25, 0.3) is 15.9 Å². The van der Waals surface area contributed by atoms with Crippen molar-refractivity contribution < 1.29 is 14.3 Å². The van der Waals surface area contributed by atoms with E-state index < -0.39 is 5.97 Å². The number of aryl methyl sites for hydroxylation is 1. The average molecular weight is 487 g/mol. The Hall–Kier alpha value is -3.25. The third-order valence-electron chi connectivity index (χ3n) is 4.78. The van der Waals surface area contributed by atoms with Gasteiger partial charge in [-0.3, -0.25) is 4.79 Å². The molecule has 0 saturated heterocycles. The summed E-state index contributed by atoms with van der Waals surface area (Å²) in [5, 5.41) is 12.7. The highest BCUT2D eigenvalue weighted by atomic mass is 32.2. The number of rotatable bonds is 8. The Morgan fingerprint density at radius 1 is 1.27 bits per heavy atom. The van der Waals surface area contributed by atoms with Gasteiger partial charge in [0.05, 0.1) is 23.8 Å². The van der Waals surface area contributed by atoms with E-state index in [1.54, 1.807) is 18.5 Å². The zero-order valence-corrected chi connectivity index (χ0v) is 20.1. The van der Waals surface area contributed by atoms with Crippen molar-refractivity contribution in [3.8, 4) is 11.4 Å². The van der Waals surface area contributed by atoms with Crippen LogP contribution in [0, 0.1) is 6.92 Å². The number of carbonyl (C=O) groups excluding carboxylic acids is 1. The van der Waals surface area contributed by atoms with Gasteiger partial charge in [0, 0.05) is 0 Å². The molecule has 0 amide bonds. The molecule has 4 rings (SSSR count). The summed E-state index contributed by atoms with van der Waals surface area (Å²) in [6.07, 6.45) is 0. The molecular formula is C21H22N6O4S2. The highest BCUT2D eigenvalue weighted by molar-refractivity contribution is 7.99. The lowest BCUT2D eigenvalue weighted by atomic mass is 10.2. The van der Waals surface area contributed by atoms with Gasteiger partial charge in [0.25, 0.3) is 5.56 Å². The molecule has 0 bridgehead atoms. The van der Waals surface area contributed by atoms with E-state index in [0.717, 1.165) is 11.3 Å². The molecule has 172 valence electrons. The highest BCUT2D eigenvalue weighted by Gasteiger charge is 2.23. The summed E-state index contributed by atoms with van der Waals surface area (Å²) in [6.45, 7) is 8.04. The van der Waals surface area contributed by atoms with Crippen molar-refractivity contribution in [1.82, 2.24) is 30.2 Å². The van der Waals surface area contributed by atoms with Crippen molar-refractivity contribution in [3.05, 3.63) is 50.9 Å². The molecule has 0 aliphatic heterocycles. The summed E-state index contributed by atoms with van der Waals surface area (Å²) < 4.78 is 12.4. The monoisotopic (exact) mass is 486 g/mol. The second-order valence-electron chi connectivity index (χ2n) is 6.94. The number of hydrogen-bond acceptors (Lipinski definition) is 10. The Morgan fingerprint density at radius 2 is 2.06 bits per heavy atom. The molecule has 33 heavy (non-hydrogen) atoms. The Bertz CT molecular complexity index is 1360. The standard InChI is InChI=1S/C21H22N6O4S2/c1-5-30-14-10-8-7-9-13(14)27-21(24-25-26-27)32-12(4)17-22-18(28)15-11(3)16(20(29)31-6-2)33-19(15)23-17/h7-10,12H,5-6H2,1-4H3,(H,22,23,28). The largest absolute Gasteiger partial charge is 0.492 e. The zero-order valence-electron chi connectivity index (χ0n) is 18.5. The van der Waals surface area contributed by atoms with Crippen LogP contribution in [-0.4, -0.2) is 49.4 Å². The van der Waals surface area contributed by atoms with E-state index in [-0.39, 0.29) is 17.4 Å². The van der Waals surface area contributed by atoms with Crippen LogP contribution in [0.1, 0.15) is 47.1 Å². The second kappa shape index (κ2) is 9.71. The fraction of sp³-hybridized carbons (Fsp3) is 0.333. The Balaban J connectivity index is 1.66. The topological polar surface area (TPSA) is 125 Å². The summed E-state index contributed by atoms with van der Waals surface area (Å²) >= 11 is 2.50. The first-order chi connectivity index (χ1) is 15.9. The molecule has 0 fully saturated rings. The van der Waals surface area contributed by atoms with Gasteiger partial charge in [-0.25, -0.2) is 9.78 Å². The van der Waals surface area contributed by atoms with Gasteiger partial charge in [-0.2, -0.15) is 4.68 Å². The maximum atomic E-state index is 12.8. The smallest absolute Gasteiger partial charge is 0.348 e. The van der Waals surface area contributed by atoms with Crippen molar-refractivity contribution in [3.63, 3.8) is 0 Å². The number of carbonyl (C=O) groups is 1. The summed E-state index contributed by atoms with van der Waals surface area (Å²) in [5.74, 6) is 0.672. The van der Waals surface area contributed by atoms with Gasteiger partial charge < -0.3 is 14.5 Å². The van der Waals surface area contributed by atoms with Crippen molar-refractivity contribution in [2.45, 2.75) is 38.1 Å². The average Bonchev–Trinajstić information content (AvgIpc) is 3.39. The maximum Gasteiger partial charge on any atom is 0.348 e. The molecule has 3 aromatic heterocycles. The van der Waals surface area contributed by atoms with Crippen molar-refractivity contribution in [2.24, 2.45) is 0 Å². The summed E-state index contributed by atoms with van der Waals surface area (Å²) in [6, 6.07) is 7.48. The minimum absolute atomic E-state index is 0.260. The predicted octanol–water partition coefficient (Wildman–Crippen LogP) is 3.70. The van der Waals surface area contributed by atoms with Gasteiger partial charge in [0.2, 0.25) is 5.16 Å². The summed E-state index contributed by atoms with van der Waals surface area (Å²) in [5.41, 5.74) is 0.988. The van der Waals surface area contributed by atoms with Gasteiger partial charge in [0.1, 0.15) is 27.0 Å². The van der Waals surface area contributed by atoms with E-state index in [2.05, 4.69) is 25.5 Å². The van der Waals surface area contributed by atoms with Crippen LogP contribution in [0.15, 0.2) is 34.2 Å². The second-order valence-corrected chi connectivity index (χ2v) is 9.25. The molecule has 0 aliphatic carbocycles. The molecule has 0 saturated carbocycles. The third kappa shape index (κ3) is 4.48. The van der Waals surface area contributed by atoms with E-state index in [1.807, 2.05) is 38.1 Å². The summed E-state index contributed by atoms with van der Waals surface area (Å²) in [7, 11) is 0. The molecule has 0 spiro atoms. The van der Waals surface area contributed by atoms with E-state index in [1.165, 1.54) is 11.8 Å². The van der Waals surface area contributed by atoms with Crippen LogP contribution >= 0.6 is 23.1 Å². The Labute approximate surface area is 197 Å². The fourth-order valence-electron chi connectivity index (χ4n) is 3.27. The molecule has 1 aromatic carbocycles.